The number of nitrogens with one attached hydrogen (secondary N) is 2. The topological polar surface area (TPSA) is 210 Å². The molecule has 1 aliphatic rings. The molecule has 3 atom stereocenters. The number of amides is 2. The van der Waals surface area contributed by atoms with Gasteiger partial charge < -0.3 is 49.7 Å². The minimum Gasteiger partial charge on any atom is -0.508 e. The molecule has 4 aromatic carbocycles. The molecule has 252 valence electrons. The Balaban J connectivity index is 1.49. The van der Waals surface area contributed by atoms with Crippen LogP contribution in [-0.4, -0.2) is 92.9 Å². The van der Waals surface area contributed by atoms with Crippen LogP contribution in [0.1, 0.15) is 26.9 Å². The monoisotopic (exact) mass is 704 g/mol. The molecule has 0 aliphatic carbocycles. The van der Waals surface area contributed by atoms with Crippen molar-refractivity contribution in [2.24, 2.45) is 0 Å². The highest BCUT2D eigenvalue weighted by molar-refractivity contribution is 7.94. The maximum Gasteiger partial charge on any atom is 0.286 e. The van der Waals surface area contributed by atoms with Gasteiger partial charge in [0.2, 0.25) is 0 Å². The minimum absolute atomic E-state index is 0.00201. The Bertz CT molecular complexity index is 2290. The number of hydrogen-bond acceptors (Lipinski definition) is 12. The fourth-order valence-corrected chi connectivity index (χ4v) is 6.75. The van der Waals surface area contributed by atoms with E-state index in [4.69, 9.17) is 21.8 Å². The number of ether oxygens (including phenoxy) is 1. The highest BCUT2D eigenvalue weighted by Gasteiger charge is 2.44. The SMILES string of the molecule is O=C1c2c(c3c4ccc(O)cc4n(C(OCCO)C(O)C(O)SO)c3c3[nH]c4cc(O)ccc4c23)C(=O)N1OCC(=S)Nc1ccccc1. The lowest BCUT2D eigenvalue weighted by Crippen LogP contribution is -2.35. The maximum absolute atomic E-state index is 14.3. The quantitative estimate of drug-likeness (QED) is 0.0412. The summed E-state index contributed by atoms with van der Waals surface area (Å²) >= 11 is 5.38. The first-order valence-electron chi connectivity index (χ1n) is 14.9. The summed E-state index contributed by atoms with van der Waals surface area (Å²) in [7, 11) is 0. The van der Waals surface area contributed by atoms with Gasteiger partial charge in [-0.3, -0.25) is 14.4 Å². The van der Waals surface area contributed by atoms with Crippen molar-refractivity contribution < 1.29 is 49.2 Å². The molecule has 16 heteroatoms. The van der Waals surface area contributed by atoms with Crippen molar-refractivity contribution >= 4 is 90.4 Å². The van der Waals surface area contributed by atoms with E-state index in [2.05, 4.69) is 10.3 Å². The highest BCUT2D eigenvalue weighted by atomic mass is 32.2. The van der Waals surface area contributed by atoms with E-state index >= 15 is 0 Å². The highest BCUT2D eigenvalue weighted by Crippen LogP contribution is 2.47. The zero-order valence-electron chi connectivity index (χ0n) is 25.2. The Morgan fingerprint density at radius 1 is 0.939 bits per heavy atom. The van der Waals surface area contributed by atoms with Gasteiger partial charge in [-0.15, -0.1) is 5.06 Å². The van der Waals surface area contributed by atoms with Gasteiger partial charge in [-0.1, -0.05) is 30.4 Å². The van der Waals surface area contributed by atoms with Crippen LogP contribution in [0.5, 0.6) is 11.5 Å². The number of aromatic hydroxyl groups is 2. The lowest BCUT2D eigenvalue weighted by atomic mass is 9.96. The average Bonchev–Trinajstić information content (AvgIpc) is 3.70. The predicted octanol–water partition coefficient (Wildman–Crippen LogP) is 4.20. The number of phenols is 2. The van der Waals surface area contributed by atoms with Gasteiger partial charge in [0, 0.05) is 51.4 Å². The van der Waals surface area contributed by atoms with E-state index in [0.717, 1.165) is 0 Å². The fraction of sp³-hybridized carbons (Fsp3) is 0.182. The summed E-state index contributed by atoms with van der Waals surface area (Å²) in [5.74, 6) is -1.85. The molecular weight excluding hydrogens is 677 g/mol. The number of H-pyrrole nitrogens is 1. The number of thiocarbonyl (C=S) groups is 1. The molecule has 0 saturated carbocycles. The van der Waals surface area contributed by atoms with Crippen LogP contribution >= 0.6 is 24.3 Å². The van der Waals surface area contributed by atoms with Crippen molar-refractivity contribution in [3.8, 4) is 11.5 Å². The number of aromatic nitrogens is 2. The van der Waals surface area contributed by atoms with Crippen LogP contribution in [0.15, 0.2) is 66.7 Å². The molecule has 0 saturated heterocycles. The second-order valence-electron chi connectivity index (χ2n) is 11.2. The molecule has 0 bridgehead atoms. The number of para-hydroxylation sites is 1. The molecule has 2 aromatic heterocycles. The molecule has 1 aliphatic heterocycles. The van der Waals surface area contributed by atoms with Crippen molar-refractivity contribution in [3.05, 3.63) is 77.9 Å². The number of nitrogens with zero attached hydrogens (tertiary/aromatic N) is 2. The summed E-state index contributed by atoms with van der Waals surface area (Å²) in [5.41, 5.74) is -0.0315. The standard InChI is InChI=1S/C33H28N4O10S2/c38-10-11-46-32(29(41)33(44)49-45)36-21-13-17(40)7-9-19(21)24-26-25(23-18-8-6-16(39)12-20(18)35-27(23)28(24)36)30(42)37(31(26)43)47-14-22(48)34-15-4-2-1-3-5-15/h1-9,12-13,29,32-33,35,38-41,44-45H,10-11,14H2,(H,34,48). The molecule has 14 nitrogen and oxygen atoms in total. The van der Waals surface area contributed by atoms with Crippen LogP contribution in [0.2, 0.25) is 0 Å². The van der Waals surface area contributed by atoms with Crippen LogP contribution in [0.25, 0.3) is 43.6 Å². The van der Waals surface area contributed by atoms with Crippen LogP contribution < -0.4 is 5.32 Å². The third-order valence-electron chi connectivity index (χ3n) is 8.26. The van der Waals surface area contributed by atoms with Gasteiger partial charge in [0.15, 0.2) is 11.7 Å². The smallest absolute Gasteiger partial charge is 0.286 e. The average molecular weight is 705 g/mol. The number of rotatable bonds is 11. The summed E-state index contributed by atoms with van der Waals surface area (Å²) in [6, 6.07) is 17.7. The maximum atomic E-state index is 14.3. The molecule has 0 fully saturated rings. The predicted molar refractivity (Wildman–Crippen MR) is 186 cm³/mol. The lowest BCUT2D eigenvalue weighted by molar-refractivity contribution is -0.108. The molecule has 6 aromatic rings. The van der Waals surface area contributed by atoms with Gasteiger partial charge in [-0.05, 0) is 36.4 Å². The van der Waals surface area contributed by atoms with Crippen LogP contribution in [0.4, 0.5) is 5.69 Å². The summed E-state index contributed by atoms with van der Waals surface area (Å²) in [6.07, 6.45) is -3.32. The summed E-state index contributed by atoms with van der Waals surface area (Å²) < 4.78 is 16.9. The first kappa shape index (κ1) is 32.8. The number of carbonyl (C=O) groups is 2. The molecule has 7 rings (SSSR count). The van der Waals surface area contributed by atoms with E-state index in [1.54, 1.807) is 18.2 Å². The number of hydrogen-bond donors (Lipinski definition) is 8. The molecule has 3 heterocycles. The Hall–Kier alpha value is -4.78. The largest absolute Gasteiger partial charge is 0.508 e. The number of anilines is 1. The first-order chi connectivity index (χ1) is 23.6. The number of aromatic amines is 1. The van der Waals surface area contributed by atoms with Crippen molar-refractivity contribution in [3.63, 3.8) is 0 Å². The van der Waals surface area contributed by atoms with Crippen LogP contribution in [0.3, 0.4) is 0 Å². The zero-order valence-corrected chi connectivity index (χ0v) is 26.9. The van der Waals surface area contributed by atoms with Crippen LogP contribution in [-0.2, 0) is 9.57 Å². The minimum atomic E-state index is -1.81. The third-order valence-corrected chi connectivity index (χ3v) is 8.98. The molecule has 49 heavy (non-hydrogen) atoms. The van der Waals surface area contributed by atoms with Gasteiger partial charge in [-0.2, -0.15) is 0 Å². The summed E-state index contributed by atoms with van der Waals surface area (Å²) in [4.78, 5) is 37.7. The van der Waals surface area contributed by atoms with Gasteiger partial charge in [-0.25, -0.2) is 0 Å². The second kappa shape index (κ2) is 12.9. The number of aliphatic hydroxyl groups is 3. The number of benzene rings is 4. The van der Waals surface area contributed by atoms with Gasteiger partial charge in [0.25, 0.3) is 11.8 Å². The zero-order chi connectivity index (χ0) is 34.6. The third kappa shape index (κ3) is 5.44. The molecule has 3 unspecified atom stereocenters. The number of phenolic OH excluding ortho intramolecular Hbond substituents is 2. The Morgan fingerprint density at radius 3 is 2.31 bits per heavy atom. The first-order valence-corrected chi connectivity index (χ1v) is 16.1. The van der Waals surface area contributed by atoms with E-state index in [1.165, 1.54) is 34.9 Å². The van der Waals surface area contributed by atoms with Crippen molar-refractivity contribution in [1.29, 1.82) is 0 Å². The number of aliphatic hydroxyl groups excluding tert-OH is 3. The van der Waals surface area contributed by atoms with E-state index < -0.39 is 36.2 Å². The Labute approximate surface area is 285 Å². The molecule has 0 spiro atoms. The van der Waals surface area contributed by atoms with E-state index in [-0.39, 0.29) is 80.2 Å². The molecule has 2 amide bonds. The molecule has 8 N–H and O–H groups in total. The van der Waals surface area contributed by atoms with Gasteiger partial charge >= 0.3 is 0 Å². The Morgan fingerprint density at radius 2 is 1.61 bits per heavy atom. The van der Waals surface area contributed by atoms with Gasteiger partial charge in [0.05, 0.1) is 46.4 Å². The van der Waals surface area contributed by atoms with Gasteiger partial charge in [0.1, 0.15) is 29.2 Å². The molecular formula is C33H28N4O10S2. The number of imide groups is 1. The summed E-state index contributed by atoms with van der Waals surface area (Å²) in [5, 5.41) is 57.2. The summed E-state index contributed by atoms with van der Waals surface area (Å²) in [6.45, 7) is -1.10. The lowest BCUT2D eigenvalue weighted by Gasteiger charge is -2.28. The second-order valence-corrected chi connectivity index (χ2v) is 12.4. The number of hydroxylamine groups is 2. The van der Waals surface area contributed by atoms with E-state index in [0.29, 0.717) is 27.0 Å². The van der Waals surface area contributed by atoms with E-state index in [9.17, 15) is 39.7 Å². The molecule has 0 radical (unpaired) electrons. The normalized spacial score (nSPS) is 15.1. The van der Waals surface area contributed by atoms with Crippen molar-refractivity contribution in [2.45, 2.75) is 17.8 Å². The number of carbonyl (C=O) groups excluding carboxylic acids is 2. The fourth-order valence-electron chi connectivity index (χ4n) is 6.32. The Kier molecular flexibility index (Phi) is 8.64. The van der Waals surface area contributed by atoms with Crippen molar-refractivity contribution in [1.82, 2.24) is 14.6 Å². The van der Waals surface area contributed by atoms with Crippen molar-refractivity contribution in [2.75, 3.05) is 25.1 Å². The number of fused-ring (bicyclic) bond motifs is 10. The van der Waals surface area contributed by atoms with Crippen LogP contribution in [0, 0.1) is 0 Å². The van der Waals surface area contributed by atoms with E-state index in [1.807, 2.05) is 18.2 Å².